The highest BCUT2D eigenvalue weighted by atomic mass is 16.6. The quantitative estimate of drug-likeness (QED) is 0.639. The highest BCUT2D eigenvalue weighted by Gasteiger charge is 2.67. The number of nitrogens with zero attached hydrogens (tertiary/aromatic N) is 1. The lowest BCUT2D eigenvalue weighted by atomic mass is 9.68. The number of amides is 1. The fraction of sp³-hybridized carbons (Fsp3) is 0.900. The Kier molecular flexibility index (Phi) is 2.47. The van der Waals surface area contributed by atoms with E-state index in [4.69, 9.17) is 4.74 Å². The molecule has 2 atom stereocenters. The number of hydrogen-bond donors (Lipinski definition) is 2. The molecule has 16 heavy (non-hydrogen) atoms. The molecule has 1 saturated heterocycles. The summed E-state index contributed by atoms with van der Waals surface area (Å²) in [6.45, 7) is 6.42. The molecule has 0 aromatic carbocycles. The van der Waals surface area contributed by atoms with Crippen LogP contribution in [0.1, 0.15) is 27.2 Å². The summed E-state index contributed by atoms with van der Waals surface area (Å²) in [5, 5.41) is 18.0. The lowest BCUT2D eigenvalue weighted by Gasteiger charge is -2.26. The number of likely N-dealkylation sites (tertiary alicyclic amines) is 1. The van der Waals surface area contributed by atoms with Crippen molar-refractivity contribution >= 4 is 13.2 Å². The minimum Gasteiger partial charge on any atom is -0.444 e. The summed E-state index contributed by atoms with van der Waals surface area (Å²) in [5.41, 5.74) is -0.505. The highest BCUT2D eigenvalue weighted by Crippen LogP contribution is 2.65. The summed E-state index contributed by atoms with van der Waals surface area (Å²) in [7, 11) is -1.33. The van der Waals surface area contributed by atoms with Crippen LogP contribution in [0.4, 0.5) is 4.79 Å². The van der Waals surface area contributed by atoms with Crippen LogP contribution in [-0.4, -0.2) is 46.9 Å². The Morgan fingerprint density at radius 2 is 2.12 bits per heavy atom. The number of ether oxygens (including phenoxy) is 1. The average molecular weight is 227 g/mol. The van der Waals surface area contributed by atoms with Gasteiger partial charge in [0.25, 0.3) is 0 Å². The van der Waals surface area contributed by atoms with Gasteiger partial charge in [-0.25, -0.2) is 4.79 Å². The standard InChI is InChI=1S/C10H18BNO4/c1-9(2,3)16-8(13)12-5-7-4-10(7,6-12)11(14)15/h7,14-15H,4-6H2,1-3H3/t7-,10-/m0/s1. The SMILES string of the molecule is CC(C)(C)OC(=O)N1C[C@@H]2C[C@]2(B(O)O)C1. The van der Waals surface area contributed by atoms with Crippen molar-refractivity contribution in [3.8, 4) is 0 Å². The topological polar surface area (TPSA) is 70.0 Å². The van der Waals surface area contributed by atoms with E-state index in [1.807, 2.05) is 20.8 Å². The van der Waals surface area contributed by atoms with Gasteiger partial charge < -0.3 is 19.7 Å². The summed E-state index contributed by atoms with van der Waals surface area (Å²) in [4.78, 5) is 13.3. The zero-order valence-corrected chi connectivity index (χ0v) is 9.93. The normalized spacial score (nSPS) is 32.3. The van der Waals surface area contributed by atoms with Gasteiger partial charge in [-0.3, -0.25) is 0 Å². The first-order chi connectivity index (χ1) is 7.24. The van der Waals surface area contributed by atoms with Gasteiger partial charge in [0.1, 0.15) is 5.60 Å². The molecule has 0 unspecified atom stereocenters. The number of carbonyl (C=O) groups excluding carboxylic acids is 1. The van der Waals surface area contributed by atoms with Gasteiger partial charge in [0.05, 0.1) is 0 Å². The van der Waals surface area contributed by atoms with Crippen LogP contribution in [0.3, 0.4) is 0 Å². The van der Waals surface area contributed by atoms with E-state index in [0.29, 0.717) is 13.1 Å². The molecule has 2 aliphatic rings. The maximum Gasteiger partial charge on any atom is 0.460 e. The first-order valence-corrected chi connectivity index (χ1v) is 5.59. The molecule has 0 aromatic rings. The third kappa shape index (κ3) is 1.91. The Bertz CT molecular complexity index is 314. The minimum absolute atomic E-state index is 0.222. The fourth-order valence-corrected chi connectivity index (χ4v) is 2.39. The van der Waals surface area contributed by atoms with Gasteiger partial charge in [-0.1, -0.05) is 0 Å². The van der Waals surface area contributed by atoms with Crippen molar-refractivity contribution in [2.24, 2.45) is 5.92 Å². The zero-order valence-electron chi connectivity index (χ0n) is 9.93. The molecule has 2 N–H and O–H groups in total. The monoisotopic (exact) mass is 227 g/mol. The van der Waals surface area contributed by atoms with Crippen molar-refractivity contribution in [3.05, 3.63) is 0 Å². The summed E-state index contributed by atoms with van der Waals surface area (Å²) in [6, 6.07) is 0. The molecule has 5 nitrogen and oxygen atoms in total. The van der Waals surface area contributed by atoms with Crippen molar-refractivity contribution in [1.82, 2.24) is 4.90 Å². The van der Waals surface area contributed by atoms with Crippen LogP contribution in [-0.2, 0) is 4.74 Å². The molecule has 0 aromatic heterocycles. The summed E-state index contributed by atoms with van der Waals surface area (Å²) in [5.74, 6) is 0.222. The van der Waals surface area contributed by atoms with Crippen molar-refractivity contribution in [1.29, 1.82) is 0 Å². The molecule has 90 valence electrons. The molecule has 1 heterocycles. The van der Waals surface area contributed by atoms with Crippen molar-refractivity contribution in [2.45, 2.75) is 38.1 Å². The van der Waals surface area contributed by atoms with Crippen molar-refractivity contribution < 1.29 is 19.6 Å². The average Bonchev–Trinajstić information content (AvgIpc) is 2.67. The molecule has 6 heteroatoms. The van der Waals surface area contributed by atoms with E-state index in [1.165, 1.54) is 0 Å². The minimum atomic E-state index is -1.33. The second-order valence-electron chi connectivity index (χ2n) is 5.87. The third-order valence-corrected chi connectivity index (χ3v) is 3.37. The van der Waals surface area contributed by atoms with E-state index in [9.17, 15) is 14.8 Å². The van der Waals surface area contributed by atoms with Gasteiger partial charge >= 0.3 is 13.2 Å². The largest absolute Gasteiger partial charge is 0.460 e. The molecule has 1 saturated carbocycles. The molecule has 2 rings (SSSR count). The third-order valence-electron chi connectivity index (χ3n) is 3.37. The van der Waals surface area contributed by atoms with Crippen LogP contribution in [0.15, 0.2) is 0 Å². The van der Waals surface area contributed by atoms with Gasteiger partial charge in [-0.05, 0) is 33.1 Å². The lowest BCUT2D eigenvalue weighted by Crippen LogP contribution is -2.38. The Morgan fingerprint density at radius 3 is 2.56 bits per heavy atom. The number of hydrogen-bond acceptors (Lipinski definition) is 4. The van der Waals surface area contributed by atoms with Gasteiger partial charge in [-0.2, -0.15) is 0 Å². The van der Waals surface area contributed by atoms with Crippen molar-refractivity contribution in [3.63, 3.8) is 0 Å². The molecule has 1 aliphatic heterocycles. The van der Waals surface area contributed by atoms with Crippen LogP contribution < -0.4 is 0 Å². The van der Waals surface area contributed by atoms with Gasteiger partial charge in [-0.15, -0.1) is 0 Å². The van der Waals surface area contributed by atoms with Gasteiger partial charge in [0.2, 0.25) is 0 Å². The predicted molar refractivity (Wildman–Crippen MR) is 58.8 cm³/mol. The maximum atomic E-state index is 11.7. The summed E-state index contributed by atoms with van der Waals surface area (Å²) < 4.78 is 5.24. The molecule has 2 fully saturated rings. The number of carbonyl (C=O) groups is 1. The van der Waals surface area contributed by atoms with Crippen LogP contribution in [0.25, 0.3) is 0 Å². The van der Waals surface area contributed by atoms with E-state index >= 15 is 0 Å². The number of piperidine rings is 1. The molecule has 0 bridgehead atoms. The van der Waals surface area contributed by atoms with Crippen LogP contribution >= 0.6 is 0 Å². The number of rotatable bonds is 1. The Balaban J connectivity index is 1.93. The van der Waals surface area contributed by atoms with Crippen molar-refractivity contribution in [2.75, 3.05) is 13.1 Å². The van der Waals surface area contributed by atoms with Crippen LogP contribution in [0.5, 0.6) is 0 Å². The number of fused-ring (bicyclic) bond motifs is 1. The lowest BCUT2D eigenvalue weighted by molar-refractivity contribution is 0.0273. The first kappa shape index (κ1) is 11.7. The maximum absolute atomic E-state index is 11.7. The molecule has 0 radical (unpaired) electrons. The molecule has 0 spiro atoms. The summed E-state index contributed by atoms with van der Waals surface area (Å²) in [6.07, 6.45) is 0.434. The second-order valence-corrected chi connectivity index (χ2v) is 5.87. The Hall–Kier alpha value is -0.745. The molecule has 1 amide bonds. The smallest absolute Gasteiger partial charge is 0.444 e. The zero-order chi connectivity index (χ0) is 12.1. The van der Waals surface area contributed by atoms with E-state index in [1.54, 1.807) is 4.90 Å². The molecule has 1 aliphatic carbocycles. The molecular weight excluding hydrogens is 209 g/mol. The van der Waals surface area contributed by atoms with E-state index in [2.05, 4.69) is 0 Å². The van der Waals surface area contributed by atoms with E-state index in [0.717, 1.165) is 6.42 Å². The Labute approximate surface area is 95.5 Å². The predicted octanol–water partition coefficient (Wildman–Crippen LogP) is 0.470. The van der Waals surface area contributed by atoms with E-state index < -0.39 is 18.0 Å². The Morgan fingerprint density at radius 1 is 1.50 bits per heavy atom. The summed E-state index contributed by atoms with van der Waals surface area (Å²) >= 11 is 0. The second kappa shape index (κ2) is 3.37. The van der Waals surface area contributed by atoms with E-state index in [-0.39, 0.29) is 12.0 Å². The highest BCUT2D eigenvalue weighted by molar-refractivity contribution is 6.47. The fourth-order valence-electron chi connectivity index (χ4n) is 2.39. The first-order valence-electron chi connectivity index (χ1n) is 5.59. The molecular formula is C10H18BNO4. The van der Waals surface area contributed by atoms with Gasteiger partial charge in [0.15, 0.2) is 0 Å². The van der Waals surface area contributed by atoms with Gasteiger partial charge in [0, 0.05) is 18.4 Å². The van der Waals surface area contributed by atoms with Crippen LogP contribution in [0, 0.1) is 5.92 Å². The van der Waals surface area contributed by atoms with Crippen LogP contribution in [0.2, 0.25) is 5.31 Å².